The Labute approximate surface area is 169 Å². The highest BCUT2D eigenvalue weighted by molar-refractivity contribution is 5.90. The fourth-order valence-electron chi connectivity index (χ4n) is 3.92. The van der Waals surface area contributed by atoms with E-state index in [4.69, 9.17) is 0 Å². The smallest absolute Gasteiger partial charge is 0.00334 e. The highest BCUT2D eigenvalue weighted by atomic mass is 14.2. The molecule has 142 valence electrons. The Bertz CT molecular complexity index is 1170. The van der Waals surface area contributed by atoms with Crippen molar-refractivity contribution in [2.75, 3.05) is 0 Å². The van der Waals surface area contributed by atoms with Crippen LogP contribution in [0, 0.1) is 0 Å². The van der Waals surface area contributed by atoms with Gasteiger partial charge in [-0.3, -0.25) is 0 Å². The predicted molar refractivity (Wildman–Crippen MR) is 125 cm³/mol. The molecule has 3 aromatic carbocycles. The average molecular weight is 367 g/mol. The van der Waals surface area contributed by atoms with Crippen molar-refractivity contribution >= 4 is 21.9 Å². The molecular formula is C28H30. The minimum absolute atomic E-state index is 1.04. The average Bonchev–Trinajstić information content (AvgIpc) is 2.71. The highest BCUT2D eigenvalue weighted by Crippen LogP contribution is 2.28. The summed E-state index contributed by atoms with van der Waals surface area (Å²) in [6, 6.07) is 24.2. The Kier molecular flexibility index (Phi) is 6.31. The van der Waals surface area contributed by atoms with Crippen LogP contribution in [0.1, 0.15) is 46.6 Å². The Balaban J connectivity index is 2.48. The Morgan fingerprint density at radius 1 is 0.786 bits per heavy atom. The molecule has 0 aliphatic carbocycles. The maximum atomic E-state index is 2.33. The van der Waals surface area contributed by atoms with Crippen molar-refractivity contribution in [3.05, 3.63) is 106 Å². The van der Waals surface area contributed by atoms with E-state index < -0.39 is 0 Å². The molecule has 0 heteroatoms. The second kappa shape index (κ2) is 8.89. The van der Waals surface area contributed by atoms with Gasteiger partial charge in [-0.2, -0.15) is 0 Å². The Hall–Kier alpha value is -2.86. The lowest BCUT2D eigenvalue weighted by Crippen LogP contribution is -2.29. The van der Waals surface area contributed by atoms with Crippen molar-refractivity contribution in [1.82, 2.24) is 0 Å². The van der Waals surface area contributed by atoms with Crippen LogP contribution in [0.2, 0.25) is 0 Å². The quantitative estimate of drug-likeness (QED) is 0.460. The standard InChI is InChI=1S/C28H30/c1-6-12-21(5)25(7-2)28(27-16-11-10-15-26(27)20(3)4)24-18-17-22-13-8-9-14-23(22)19-24/h7-19H,6H2,1-5H3/b21-12-,25-7+,28-27-. The number of fused-ring (bicyclic) bond motifs is 1. The minimum Gasteiger partial charge on any atom is -0.0813 e. The van der Waals surface area contributed by atoms with Crippen molar-refractivity contribution in [1.29, 1.82) is 0 Å². The van der Waals surface area contributed by atoms with Crippen LogP contribution >= 0.6 is 0 Å². The first-order chi connectivity index (χ1) is 13.6. The van der Waals surface area contributed by atoms with Crippen LogP contribution in [0.25, 0.3) is 21.9 Å². The molecule has 3 rings (SSSR count). The molecule has 0 saturated carbocycles. The van der Waals surface area contributed by atoms with Gasteiger partial charge in [0.25, 0.3) is 0 Å². The SMILES string of the molecule is C/C=C(C(\C)=C/CC)/C(c1ccc2ccccc2c1)=c1/ccccc1=C(C)C. The molecule has 0 nitrogen and oxygen atoms in total. The predicted octanol–water partition coefficient (Wildman–Crippen LogP) is 6.53. The molecule has 28 heavy (non-hydrogen) atoms. The van der Waals surface area contributed by atoms with E-state index >= 15 is 0 Å². The molecule has 0 heterocycles. The number of benzene rings is 3. The summed E-state index contributed by atoms with van der Waals surface area (Å²) in [5.41, 5.74) is 6.56. The molecule has 0 aromatic heterocycles. The molecule has 0 fully saturated rings. The molecule has 0 amide bonds. The van der Waals surface area contributed by atoms with Gasteiger partial charge in [0.15, 0.2) is 0 Å². The summed E-state index contributed by atoms with van der Waals surface area (Å²) in [4.78, 5) is 0. The van der Waals surface area contributed by atoms with Crippen LogP contribution in [0.3, 0.4) is 0 Å². The summed E-state index contributed by atoms with van der Waals surface area (Å²) in [6.45, 7) is 11.0. The zero-order valence-electron chi connectivity index (χ0n) is 17.7. The number of hydrogen-bond acceptors (Lipinski definition) is 0. The van der Waals surface area contributed by atoms with Crippen molar-refractivity contribution in [2.24, 2.45) is 0 Å². The lowest BCUT2D eigenvalue weighted by atomic mass is 9.88. The van der Waals surface area contributed by atoms with Gasteiger partial charge in [-0.25, -0.2) is 0 Å². The van der Waals surface area contributed by atoms with Crippen LogP contribution in [-0.4, -0.2) is 0 Å². The van der Waals surface area contributed by atoms with Crippen molar-refractivity contribution in [3.63, 3.8) is 0 Å². The van der Waals surface area contributed by atoms with Crippen molar-refractivity contribution < 1.29 is 0 Å². The zero-order chi connectivity index (χ0) is 20.1. The van der Waals surface area contributed by atoms with Gasteiger partial charge in [0, 0.05) is 0 Å². The Morgan fingerprint density at radius 2 is 1.43 bits per heavy atom. The molecule has 0 N–H and O–H groups in total. The highest BCUT2D eigenvalue weighted by Gasteiger charge is 2.12. The molecule has 0 atom stereocenters. The van der Waals surface area contributed by atoms with E-state index in [2.05, 4.69) is 114 Å². The van der Waals surface area contributed by atoms with Crippen LogP contribution < -0.4 is 10.4 Å². The van der Waals surface area contributed by atoms with Gasteiger partial charge in [-0.15, -0.1) is 0 Å². The molecule has 0 spiro atoms. The van der Waals surface area contributed by atoms with E-state index in [1.807, 2.05) is 0 Å². The Morgan fingerprint density at radius 3 is 2.07 bits per heavy atom. The number of rotatable bonds is 4. The van der Waals surface area contributed by atoms with Crippen LogP contribution in [0.5, 0.6) is 0 Å². The topological polar surface area (TPSA) is 0 Å². The van der Waals surface area contributed by atoms with Crippen LogP contribution in [0.4, 0.5) is 0 Å². The molecular weight excluding hydrogens is 336 g/mol. The largest absolute Gasteiger partial charge is 0.0813 e. The van der Waals surface area contributed by atoms with Crippen molar-refractivity contribution in [2.45, 2.75) is 41.0 Å². The third-order valence-electron chi connectivity index (χ3n) is 5.27. The van der Waals surface area contributed by atoms with Crippen LogP contribution in [0.15, 0.2) is 90.0 Å². The molecule has 0 bridgehead atoms. The fraction of sp³-hybridized carbons (Fsp3) is 0.214. The first-order valence-electron chi connectivity index (χ1n) is 10.2. The third kappa shape index (κ3) is 4.02. The molecule has 0 aliphatic heterocycles. The maximum absolute atomic E-state index is 2.33. The lowest BCUT2D eigenvalue weighted by Gasteiger charge is -2.16. The summed E-state index contributed by atoms with van der Waals surface area (Å²) < 4.78 is 0. The van der Waals surface area contributed by atoms with Gasteiger partial charge in [-0.1, -0.05) is 85.3 Å². The second-order valence-corrected chi connectivity index (χ2v) is 7.48. The lowest BCUT2D eigenvalue weighted by molar-refractivity contribution is 1.18. The van der Waals surface area contributed by atoms with E-state index in [9.17, 15) is 0 Å². The molecule has 3 aromatic rings. The molecule has 0 unspecified atom stereocenters. The fourth-order valence-corrected chi connectivity index (χ4v) is 3.92. The van der Waals surface area contributed by atoms with Crippen LogP contribution in [-0.2, 0) is 0 Å². The minimum atomic E-state index is 1.04. The monoisotopic (exact) mass is 366 g/mol. The molecule has 0 saturated heterocycles. The number of hydrogen-bond donors (Lipinski definition) is 0. The second-order valence-electron chi connectivity index (χ2n) is 7.48. The first kappa shape index (κ1) is 19.9. The first-order valence-corrected chi connectivity index (χ1v) is 10.2. The van der Waals surface area contributed by atoms with Gasteiger partial charge in [0.1, 0.15) is 0 Å². The molecule has 0 aliphatic rings. The summed E-state index contributed by atoms with van der Waals surface area (Å²) >= 11 is 0. The van der Waals surface area contributed by atoms with E-state index in [1.165, 1.54) is 49.1 Å². The number of allylic oxidation sites excluding steroid dienone is 4. The summed E-state index contributed by atoms with van der Waals surface area (Å²) in [5, 5.41) is 5.17. The molecule has 0 radical (unpaired) electrons. The van der Waals surface area contributed by atoms with E-state index in [0.29, 0.717) is 0 Å². The van der Waals surface area contributed by atoms with Gasteiger partial charge in [0.05, 0.1) is 0 Å². The summed E-state index contributed by atoms with van der Waals surface area (Å²) in [5.74, 6) is 0. The van der Waals surface area contributed by atoms with Gasteiger partial charge < -0.3 is 0 Å². The van der Waals surface area contributed by atoms with E-state index in [-0.39, 0.29) is 0 Å². The van der Waals surface area contributed by atoms with E-state index in [1.54, 1.807) is 0 Å². The summed E-state index contributed by atoms with van der Waals surface area (Å²) in [7, 11) is 0. The van der Waals surface area contributed by atoms with Gasteiger partial charge in [0.2, 0.25) is 0 Å². The zero-order valence-corrected chi connectivity index (χ0v) is 17.7. The normalized spacial score (nSPS) is 13.6. The summed E-state index contributed by atoms with van der Waals surface area (Å²) in [6.07, 6.45) is 5.62. The van der Waals surface area contributed by atoms with Gasteiger partial charge >= 0.3 is 0 Å². The van der Waals surface area contributed by atoms with Crippen molar-refractivity contribution in [3.8, 4) is 0 Å². The van der Waals surface area contributed by atoms with E-state index in [0.717, 1.165) is 6.42 Å². The third-order valence-corrected chi connectivity index (χ3v) is 5.27. The maximum Gasteiger partial charge on any atom is -0.00334 e. The van der Waals surface area contributed by atoms with Gasteiger partial charge in [-0.05, 0) is 83.7 Å².